The lowest BCUT2D eigenvalue weighted by Crippen LogP contribution is -2.39. The zero-order valence-corrected chi connectivity index (χ0v) is 9.85. The summed E-state index contributed by atoms with van der Waals surface area (Å²) < 4.78 is 22.8. The minimum atomic E-state index is -2.84. The lowest BCUT2D eigenvalue weighted by Gasteiger charge is -2.23. The quantitative estimate of drug-likeness (QED) is 0.810. The van der Waals surface area contributed by atoms with Crippen molar-refractivity contribution in [3.8, 4) is 0 Å². The fraction of sp³-hybridized carbons (Fsp3) is 0.400. The van der Waals surface area contributed by atoms with Gasteiger partial charge < -0.3 is 5.32 Å². The third-order valence-corrected chi connectivity index (χ3v) is 4.09. The number of rotatable bonds is 1. The molecule has 5 heteroatoms. The van der Waals surface area contributed by atoms with Crippen LogP contribution in [-0.2, 0) is 9.84 Å². The van der Waals surface area contributed by atoms with Crippen molar-refractivity contribution >= 4 is 22.2 Å². The summed E-state index contributed by atoms with van der Waals surface area (Å²) in [6, 6.07) is 9.67. The van der Waals surface area contributed by atoms with Gasteiger partial charge in [0.1, 0.15) is 0 Å². The van der Waals surface area contributed by atoms with Crippen LogP contribution in [0.1, 0.15) is 11.6 Å². The zero-order valence-electron chi connectivity index (χ0n) is 8.22. The minimum absolute atomic E-state index is 0. The normalized spacial score (nSPS) is 24.1. The molecule has 1 aromatic carbocycles. The number of hydrogen-bond acceptors (Lipinski definition) is 3. The number of nitrogens with one attached hydrogen (secondary N) is 1. The Hall–Kier alpha value is -0.580. The first-order valence-corrected chi connectivity index (χ1v) is 6.48. The molecule has 0 amide bonds. The summed E-state index contributed by atoms with van der Waals surface area (Å²) in [6.45, 7) is 0.557. The molecule has 0 aromatic heterocycles. The average molecular weight is 248 g/mol. The first-order chi connectivity index (χ1) is 6.67. The molecule has 1 N–H and O–H groups in total. The Morgan fingerprint density at radius 1 is 1.20 bits per heavy atom. The molecule has 1 unspecified atom stereocenters. The van der Waals surface area contributed by atoms with Crippen LogP contribution in [0.3, 0.4) is 0 Å². The van der Waals surface area contributed by atoms with Crippen molar-refractivity contribution in [3.63, 3.8) is 0 Å². The third kappa shape index (κ3) is 3.19. The second-order valence-corrected chi connectivity index (χ2v) is 5.76. The van der Waals surface area contributed by atoms with E-state index in [0.29, 0.717) is 6.54 Å². The van der Waals surface area contributed by atoms with Gasteiger partial charge in [-0.15, -0.1) is 12.4 Å². The summed E-state index contributed by atoms with van der Waals surface area (Å²) in [5.74, 6) is 0.480. The molecule has 1 heterocycles. The zero-order chi connectivity index (χ0) is 10.0. The third-order valence-electron chi connectivity index (χ3n) is 2.43. The Labute approximate surface area is 96.2 Å². The monoisotopic (exact) mass is 247 g/mol. The van der Waals surface area contributed by atoms with Crippen molar-refractivity contribution in [3.05, 3.63) is 35.9 Å². The van der Waals surface area contributed by atoms with Crippen LogP contribution in [-0.4, -0.2) is 26.5 Å². The van der Waals surface area contributed by atoms with Gasteiger partial charge in [-0.25, -0.2) is 8.42 Å². The van der Waals surface area contributed by atoms with E-state index >= 15 is 0 Å². The predicted octanol–water partition coefficient (Wildman–Crippen LogP) is 1.17. The molecule has 1 saturated heterocycles. The van der Waals surface area contributed by atoms with Crippen LogP contribution in [0.25, 0.3) is 0 Å². The molecule has 1 fully saturated rings. The van der Waals surface area contributed by atoms with Gasteiger partial charge in [0.2, 0.25) is 0 Å². The average Bonchev–Trinajstić information content (AvgIpc) is 2.18. The van der Waals surface area contributed by atoms with Crippen LogP contribution >= 0.6 is 12.4 Å². The van der Waals surface area contributed by atoms with E-state index in [2.05, 4.69) is 5.32 Å². The van der Waals surface area contributed by atoms with Crippen molar-refractivity contribution in [1.82, 2.24) is 5.32 Å². The molecule has 3 nitrogen and oxygen atoms in total. The minimum Gasteiger partial charge on any atom is -0.308 e. The van der Waals surface area contributed by atoms with Crippen LogP contribution in [0.4, 0.5) is 0 Å². The molecule has 0 bridgehead atoms. The molecule has 1 aliphatic heterocycles. The Bertz CT molecular complexity index is 405. The molecule has 1 aliphatic rings. The van der Waals surface area contributed by atoms with Crippen molar-refractivity contribution in [2.45, 2.75) is 6.04 Å². The molecule has 0 radical (unpaired) electrons. The summed E-state index contributed by atoms with van der Waals surface area (Å²) in [5.41, 5.74) is 1.05. The topological polar surface area (TPSA) is 46.2 Å². The van der Waals surface area contributed by atoms with Crippen molar-refractivity contribution in [1.29, 1.82) is 0 Å². The highest BCUT2D eigenvalue weighted by atomic mass is 35.5. The maximum absolute atomic E-state index is 11.4. The van der Waals surface area contributed by atoms with Gasteiger partial charge in [-0.3, -0.25) is 0 Å². The maximum atomic E-state index is 11.4. The predicted molar refractivity (Wildman–Crippen MR) is 63.1 cm³/mol. The van der Waals surface area contributed by atoms with E-state index in [1.54, 1.807) is 0 Å². The number of halogens is 1. The van der Waals surface area contributed by atoms with Gasteiger partial charge in [0.05, 0.1) is 11.5 Å². The van der Waals surface area contributed by atoms with E-state index in [1.807, 2.05) is 30.3 Å². The van der Waals surface area contributed by atoms with E-state index in [4.69, 9.17) is 0 Å². The largest absolute Gasteiger partial charge is 0.308 e. The van der Waals surface area contributed by atoms with E-state index in [9.17, 15) is 8.42 Å². The molecule has 0 saturated carbocycles. The molecule has 1 aromatic rings. The Kier molecular flexibility index (Phi) is 4.13. The second kappa shape index (κ2) is 4.96. The first kappa shape index (κ1) is 12.5. The smallest absolute Gasteiger partial charge is 0.153 e. The fourth-order valence-electron chi connectivity index (χ4n) is 1.68. The van der Waals surface area contributed by atoms with Gasteiger partial charge >= 0.3 is 0 Å². The molecule has 1 atom stereocenters. The Balaban J connectivity index is 0.00000112. The van der Waals surface area contributed by atoms with Crippen molar-refractivity contribution in [2.24, 2.45) is 0 Å². The van der Waals surface area contributed by atoms with Crippen LogP contribution < -0.4 is 5.32 Å². The number of sulfone groups is 1. The summed E-state index contributed by atoms with van der Waals surface area (Å²) in [4.78, 5) is 0. The summed E-state index contributed by atoms with van der Waals surface area (Å²) in [6.07, 6.45) is 0. The van der Waals surface area contributed by atoms with E-state index in [1.165, 1.54) is 0 Å². The van der Waals surface area contributed by atoms with Crippen LogP contribution in [0.15, 0.2) is 30.3 Å². The lowest BCUT2D eigenvalue weighted by atomic mass is 10.1. The number of hydrogen-bond donors (Lipinski definition) is 1. The molecule has 84 valence electrons. The van der Waals surface area contributed by atoms with Gasteiger partial charge in [0.25, 0.3) is 0 Å². The standard InChI is InChI=1S/C10H13NO2S.ClH/c12-14(13)7-6-11-10(8-14)9-4-2-1-3-5-9;/h1-5,10-11H,6-8H2;1H. The SMILES string of the molecule is Cl.O=S1(=O)CCNC(c2ccccc2)C1. The van der Waals surface area contributed by atoms with E-state index < -0.39 is 9.84 Å². The van der Waals surface area contributed by atoms with Gasteiger partial charge in [-0.2, -0.15) is 0 Å². The second-order valence-electron chi connectivity index (χ2n) is 3.53. The molecule has 2 rings (SSSR count). The molecule has 15 heavy (non-hydrogen) atoms. The van der Waals surface area contributed by atoms with Gasteiger partial charge in [0, 0.05) is 12.6 Å². The summed E-state index contributed by atoms with van der Waals surface area (Å²) in [5, 5.41) is 3.21. The van der Waals surface area contributed by atoms with Gasteiger partial charge in [-0.05, 0) is 5.56 Å². The van der Waals surface area contributed by atoms with Crippen LogP contribution in [0.2, 0.25) is 0 Å². The summed E-state index contributed by atoms with van der Waals surface area (Å²) >= 11 is 0. The van der Waals surface area contributed by atoms with Crippen LogP contribution in [0.5, 0.6) is 0 Å². The van der Waals surface area contributed by atoms with Crippen LogP contribution in [0, 0.1) is 0 Å². The maximum Gasteiger partial charge on any atom is 0.153 e. The molecule has 0 spiro atoms. The van der Waals surface area contributed by atoms with Gasteiger partial charge in [0.15, 0.2) is 9.84 Å². The van der Waals surface area contributed by atoms with E-state index in [0.717, 1.165) is 5.56 Å². The molecule has 0 aliphatic carbocycles. The van der Waals surface area contributed by atoms with Gasteiger partial charge in [-0.1, -0.05) is 30.3 Å². The van der Waals surface area contributed by atoms with E-state index in [-0.39, 0.29) is 30.0 Å². The highest BCUT2D eigenvalue weighted by Gasteiger charge is 2.24. The molecular weight excluding hydrogens is 234 g/mol. The highest BCUT2D eigenvalue weighted by molar-refractivity contribution is 7.91. The van der Waals surface area contributed by atoms with Crippen molar-refractivity contribution in [2.75, 3.05) is 18.1 Å². The Morgan fingerprint density at radius 2 is 1.87 bits per heavy atom. The molecular formula is C10H14ClNO2S. The highest BCUT2D eigenvalue weighted by Crippen LogP contribution is 2.17. The Morgan fingerprint density at radius 3 is 2.47 bits per heavy atom. The van der Waals surface area contributed by atoms with Crippen molar-refractivity contribution < 1.29 is 8.42 Å². The lowest BCUT2D eigenvalue weighted by molar-refractivity contribution is 0.531. The summed E-state index contributed by atoms with van der Waals surface area (Å²) in [7, 11) is -2.84. The number of benzene rings is 1. The first-order valence-electron chi connectivity index (χ1n) is 4.66. The fourth-order valence-corrected chi connectivity index (χ4v) is 3.10.